The van der Waals surface area contributed by atoms with Crippen molar-refractivity contribution in [1.29, 1.82) is 0 Å². The van der Waals surface area contributed by atoms with Crippen LogP contribution in [0.15, 0.2) is 192 Å². The normalized spacial score (nSPS) is 20.9. The number of benzene rings is 6. The van der Waals surface area contributed by atoms with Crippen LogP contribution in [-0.2, 0) is 20.1 Å². The number of amidine groups is 2. The van der Waals surface area contributed by atoms with Gasteiger partial charge in [-0.1, -0.05) is 178 Å². The van der Waals surface area contributed by atoms with Gasteiger partial charge in [0.25, 0.3) is 0 Å². The molecule has 4 aliphatic rings. The molecule has 0 bridgehead atoms. The maximum Gasteiger partial charge on any atom is 0.129 e. The van der Waals surface area contributed by atoms with Gasteiger partial charge in [0.15, 0.2) is 0 Å². The van der Waals surface area contributed by atoms with E-state index < -0.39 is 0 Å². The summed E-state index contributed by atoms with van der Waals surface area (Å²) in [6.07, 6.45) is 15.1. The Hall–Kier alpha value is -5.49. The van der Waals surface area contributed by atoms with Gasteiger partial charge >= 0.3 is 0 Å². The van der Waals surface area contributed by atoms with Gasteiger partial charge in [0, 0.05) is 54.0 Å². The SMILES string of the molecule is CC1[CH-]CCCC2(C[CH-]CC(C)C2)C1.[Ir].c1ccc(C2=NN(c3ccccc3)[CH-]N2c2ccccc2)cc1.c1ccc(C2=NN(c3ccccc3)[CH-]N2c2ccccc2)cc1. The first kappa shape index (κ1) is 43.6. The molecule has 10 rings (SSSR count). The molecule has 3 unspecified atom stereocenters. The van der Waals surface area contributed by atoms with Gasteiger partial charge in [-0.15, -0.1) is 13.3 Å². The summed E-state index contributed by atoms with van der Waals surface area (Å²) in [5, 5.41) is 13.4. The number of hydrogen-bond acceptors (Lipinski definition) is 6. The molecule has 2 aliphatic heterocycles. The zero-order chi connectivity index (χ0) is 41.0. The Kier molecular flexibility index (Phi) is 15.3. The van der Waals surface area contributed by atoms with Crippen LogP contribution in [0.2, 0.25) is 0 Å². The van der Waals surface area contributed by atoms with Crippen LogP contribution in [0.4, 0.5) is 22.7 Å². The molecule has 0 amide bonds. The molecule has 6 nitrogen and oxygen atoms in total. The molecular formula is C54H56IrN6-4. The molecule has 6 aromatic rings. The second-order valence-corrected chi connectivity index (χ2v) is 16.4. The number of para-hydroxylation sites is 4. The molecule has 7 heteroatoms. The summed E-state index contributed by atoms with van der Waals surface area (Å²) in [7, 11) is 0. The van der Waals surface area contributed by atoms with Gasteiger partial charge in [0.1, 0.15) is 11.7 Å². The van der Waals surface area contributed by atoms with Crippen LogP contribution in [0, 0.1) is 43.4 Å². The number of hydrogen-bond donors (Lipinski definition) is 0. The van der Waals surface area contributed by atoms with E-state index in [1.807, 2.05) is 133 Å². The van der Waals surface area contributed by atoms with Gasteiger partial charge in [-0.2, -0.15) is 35.4 Å². The minimum atomic E-state index is 0. The summed E-state index contributed by atoms with van der Waals surface area (Å²) in [5.74, 6) is 3.63. The fraction of sp³-hybridized carbons (Fsp3) is 0.222. The van der Waals surface area contributed by atoms with Crippen molar-refractivity contribution in [3.8, 4) is 0 Å². The number of nitrogens with zero attached hydrogens (tertiary/aromatic N) is 6. The maximum absolute atomic E-state index is 4.81. The van der Waals surface area contributed by atoms with E-state index in [-0.39, 0.29) is 20.1 Å². The Morgan fingerprint density at radius 3 is 1.31 bits per heavy atom. The fourth-order valence-electron chi connectivity index (χ4n) is 8.91. The molecule has 2 saturated carbocycles. The first-order valence-electron chi connectivity index (χ1n) is 21.5. The molecule has 2 aliphatic carbocycles. The van der Waals surface area contributed by atoms with Gasteiger partial charge in [0.05, 0.1) is 0 Å². The van der Waals surface area contributed by atoms with E-state index >= 15 is 0 Å². The Balaban J connectivity index is 0.000000141. The predicted molar refractivity (Wildman–Crippen MR) is 252 cm³/mol. The first-order chi connectivity index (χ1) is 29.5. The maximum atomic E-state index is 4.81. The molecule has 2 fully saturated rings. The second-order valence-electron chi connectivity index (χ2n) is 16.4. The molecule has 6 aromatic carbocycles. The second kappa shape index (κ2) is 21.3. The monoisotopic (exact) mass is 981 g/mol. The van der Waals surface area contributed by atoms with Crippen LogP contribution in [0.5, 0.6) is 0 Å². The van der Waals surface area contributed by atoms with E-state index in [0.29, 0.717) is 5.41 Å². The summed E-state index contributed by atoms with van der Waals surface area (Å²) < 4.78 is 0. The molecule has 315 valence electrons. The summed E-state index contributed by atoms with van der Waals surface area (Å²) >= 11 is 0. The van der Waals surface area contributed by atoms with Crippen LogP contribution in [0.1, 0.15) is 69.9 Å². The van der Waals surface area contributed by atoms with E-state index in [9.17, 15) is 0 Å². The van der Waals surface area contributed by atoms with E-state index in [2.05, 4.69) is 109 Å². The summed E-state index contributed by atoms with van der Waals surface area (Å²) in [5.41, 5.74) is 7.14. The van der Waals surface area contributed by atoms with E-state index in [1.54, 1.807) is 0 Å². The van der Waals surface area contributed by atoms with Crippen molar-refractivity contribution in [3.63, 3.8) is 0 Å². The minimum absolute atomic E-state index is 0. The predicted octanol–water partition coefficient (Wildman–Crippen LogP) is 13.4. The topological polar surface area (TPSA) is 37.7 Å². The van der Waals surface area contributed by atoms with Crippen molar-refractivity contribution < 1.29 is 20.1 Å². The van der Waals surface area contributed by atoms with Gasteiger partial charge in [0.2, 0.25) is 0 Å². The van der Waals surface area contributed by atoms with Crippen molar-refractivity contribution >= 4 is 34.4 Å². The number of anilines is 4. The smallest absolute Gasteiger partial charge is 0.129 e. The summed E-state index contributed by atoms with van der Waals surface area (Å²) in [6.45, 7) is 8.88. The van der Waals surface area contributed by atoms with Crippen molar-refractivity contribution in [2.45, 2.75) is 58.8 Å². The third-order valence-electron chi connectivity index (χ3n) is 11.6. The van der Waals surface area contributed by atoms with E-state index in [0.717, 1.165) is 57.4 Å². The van der Waals surface area contributed by atoms with E-state index in [1.165, 1.54) is 44.9 Å². The van der Waals surface area contributed by atoms with E-state index in [4.69, 9.17) is 10.2 Å². The van der Waals surface area contributed by atoms with Gasteiger partial charge < -0.3 is 32.7 Å². The molecular weight excluding hydrogens is 925 g/mol. The molecule has 1 radical (unpaired) electrons. The van der Waals surface area contributed by atoms with Crippen molar-refractivity contribution in [2.75, 3.05) is 19.8 Å². The van der Waals surface area contributed by atoms with Crippen LogP contribution in [-0.4, -0.2) is 11.7 Å². The fourth-order valence-corrected chi connectivity index (χ4v) is 8.91. The molecule has 0 saturated heterocycles. The van der Waals surface area contributed by atoms with Crippen molar-refractivity contribution in [1.82, 2.24) is 0 Å². The Bertz CT molecular complexity index is 2110. The van der Waals surface area contributed by atoms with Gasteiger partial charge in [-0.25, -0.2) is 0 Å². The van der Waals surface area contributed by atoms with Crippen LogP contribution < -0.4 is 19.8 Å². The van der Waals surface area contributed by atoms with Crippen molar-refractivity contribution in [3.05, 3.63) is 219 Å². The first-order valence-corrected chi connectivity index (χ1v) is 21.5. The Morgan fingerprint density at radius 1 is 0.508 bits per heavy atom. The minimum Gasteiger partial charge on any atom is -0.456 e. The zero-order valence-electron chi connectivity index (χ0n) is 35.3. The quantitative estimate of drug-likeness (QED) is 0.156. The average molecular weight is 981 g/mol. The Labute approximate surface area is 378 Å². The zero-order valence-corrected chi connectivity index (χ0v) is 37.6. The molecule has 2 heterocycles. The average Bonchev–Trinajstić information content (AvgIpc) is 3.93. The van der Waals surface area contributed by atoms with Gasteiger partial charge in [-0.05, 0) is 55.0 Å². The third-order valence-corrected chi connectivity index (χ3v) is 11.6. The van der Waals surface area contributed by atoms with Crippen LogP contribution >= 0.6 is 0 Å². The molecule has 1 spiro atoms. The molecule has 0 N–H and O–H groups in total. The third kappa shape index (κ3) is 11.3. The van der Waals surface area contributed by atoms with Crippen LogP contribution in [0.3, 0.4) is 0 Å². The van der Waals surface area contributed by atoms with Crippen LogP contribution in [0.25, 0.3) is 0 Å². The Morgan fingerprint density at radius 2 is 0.902 bits per heavy atom. The molecule has 0 aromatic heterocycles. The number of hydrazone groups is 2. The number of rotatable bonds is 6. The molecule has 3 atom stereocenters. The summed E-state index contributed by atoms with van der Waals surface area (Å²) in [6, 6.07) is 61.4. The largest absolute Gasteiger partial charge is 0.456 e. The summed E-state index contributed by atoms with van der Waals surface area (Å²) in [4.78, 5) is 4.23. The van der Waals surface area contributed by atoms with Gasteiger partial charge in [-0.3, -0.25) is 0 Å². The standard InChI is InChI=1S/2C20H16N3.C14H24.Ir/c2*1-4-10-17(11-5-1)20-21-23(19-14-8-3-9-15-19)16-22(20)18-12-6-2-7-13-18;1-12-6-3-4-8-14(10-12)9-5-7-13(2)11-14;/h2*1-16H;5-6,12-13H,3-4,7-11H2,1-2H3;/q2*-1;-2;. The molecule has 61 heavy (non-hydrogen) atoms. The van der Waals surface area contributed by atoms with Crippen molar-refractivity contribution in [2.24, 2.45) is 27.5 Å².